The van der Waals surface area contributed by atoms with E-state index >= 15 is 0 Å². The van der Waals surface area contributed by atoms with Gasteiger partial charge in [0.2, 0.25) is 5.88 Å². The minimum Gasteiger partial charge on any atom is -0.474 e. The van der Waals surface area contributed by atoms with Gasteiger partial charge in [0.05, 0.1) is 24.0 Å². The van der Waals surface area contributed by atoms with Crippen molar-refractivity contribution in [2.24, 2.45) is 0 Å². The second-order valence-corrected chi connectivity index (χ2v) is 6.61. The molecule has 0 fully saturated rings. The number of ether oxygens (including phenoxy) is 1. The number of aromatic nitrogens is 4. The summed E-state index contributed by atoms with van der Waals surface area (Å²) < 4.78 is 43.2. The van der Waals surface area contributed by atoms with E-state index in [9.17, 15) is 18.0 Å². The summed E-state index contributed by atoms with van der Waals surface area (Å²) in [4.78, 5) is 30.2. The van der Waals surface area contributed by atoms with Crippen LogP contribution in [0, 0.1) is 0 Å². The summed E-state index contributed by atoms with van der Waals surface area (Å²) in [6, 6.07) is 8.34. The molecule has 0 N–H and O–H groups in total. The monoisotopic (exact) mass is 431 g/mol. The first-order valence-corrected chi connectivity index (χ1v) is 9.50. The number of alkyl halides is 3. The van der Waals surface area contributed by atoms with E-state index in [1.54, 1.807) is 54.5 Å². The lowest BCUT2D eigenvalue weighted by molar-refractivity contribution is -0.141. The molecule has 0 aliphatic heterocycles. The van der Waals surface area contributed by atoms with E-state index in [4.69, 9.17) is 4.74 Å². The smallest absolute Gasteiger partial charge is 0.434 e. The van der Waals surface area contributed by atoms with Gasteiger partial charge in [-0.1, -0.05) is 18.2 Å². The zero-order valence-corrected chi connectivity index (χ0v) is 16.9. The maximum absolute atomic E-state index is 13.2. The lowest BCUT2D eigenvalue weighted by Crippen LogP contribution is -2.42. The molecule has 0 spiro atoms. The maximum Gasteiger partial charge on any atom is 0.434 e. The van der Waals surface area contributed by atoms with Crippen molar-refractivity contribution in [2.45, 2.75) is 26.1 Å². The van der Waals surface area contributed by atoms with Crippen molar-refractivity contribution in [1.82, 2.24) is 24.8 Å². The fourth-order valence-electron chi connectivity index (χ4n) is 2.95. The summed E-state index contributed by atoms with van der Waals surface area (Å²) in [6.45, 7) is 4.03. The average Bonchev–Trinajstić information content (AvgIpc) is 2.78. The highest BCUT2D eigenvalue weighted by Crippen LogP contribution is 2.27. The first-order chi connectivity index (χ1) is 14.8. The van der Waals surface area contributed by atoms with Crippen molar-refractivity contribution in [1.29, 1.82) is 0 Å². The number of carbonyl (C=O) groups is 1. The second kappa shape index (κ2) is 9.50. The minimum absolute atomic E-state index is 0.0314. The summed E-state index contributed by atoms with van der Waals surface area (Å²) in [7, 11) is 0. The summed E-state index contributed by atoms with van der Waals surface area (Å²) in [5, 5.41) is 0. The van der Waals surface area contributed by atoms with Crippen LogP contribution >= 0.6 is 0 Å². The Labute approximate surface area is 177 Å². The number of benzene rings is 1. The summed E-state index contributed by atoms with van der Waals surface area (Å²) in [5.41, 5.74) is -0.0528. The van der Waals surface area contributed by atoms with Gasteiger partial charge in [-0.15, -0.1) is 0 Å². The molecule has 0 aliphatic carbocycles. The average molecular weight is 431 g/mol. The lowest BCUT2D eigenvalue weighted by atomic mass is 10.0. The fraction of sp³-hybridized carbons (Fsp3) is 0.286. The third-order valence-corrected chi connectivity index (χ3v) is 4.49. The van der Waals surface area contributed by atoms with Crippen LogP contribution in [0.5, 0.6) is 5.88 Å². The molecule has 7 nitrogen and oxygen atoms in total. The quantitative estimate of drug-likeness (QED) is 0.565. The number of carbonyl (C=O) groups excluding carboxylic acids is 1. The van der Waals surface area contributed by atoms with Crippen LogP contribution in [0.15, 0.2) is 55.1 Å². The van der Waals surface area contributed by atoms with E-state index in [1.165, 1.54) is 0 Å². The molecular formula is C21H20F3N5O2. The van der Waals surface area contributed by atoms with Crippen LogP contribution in [0.4, 0.5) is 13.2 Å². The van der Waals surface area contributed by atoms with Gasteiger partial charge in [-0.05, 0) is 26.0 Å². The first-order valence-electron chi connectivity index (χ1n) is 9.50. The molecule has 2 heterocycles. The molecule has 0 saturated carbocycles. The van der Waals surface area contributed by atoms with Gasteiger partial charge in [-0.2, -0.15) is 13.2 Å². The normalized spacial score (nSPS) is 12.3. The molecule has 1 unspecified atom stereocenters. The molecule has 3 rings (SSSR count). The Bertz CT molecular complexity index is 1010. The van der Waals surface area contributed by atoms with Gasteiger partial charge in [0.15, 0.2) is 11.5 Å². The molecule has 3 aromatic rings. The Hall–Kier alpha value is -3.56. The van der Waals surface area contributed by atoms with Gasteiger partial charge in [-0.3, -0.25) is 4.79 Å². The molecule has 1 atom stereocenters. The van der Waals surface area contributed by atoms with Crippen LogP contribution < -0.4 is 4.74 Å². The molecule has 2 aromatic heterocycles. The fourth-order valence-corrected chi connectivity index (χ4v) is 2.95. The van der Waals surface area contributed by atoms with E-state index in [0.29, 0.717) is 29.7 Å². The Morgan fingerprint density at radius 3 is 2.39 bits per heavy atom. The molecule has 1 amide bonds. The largest absolute Gasteiger partial charge is 0.474 e. The van der Waals surface area contributed by atoms with Gasteiger partial charge >= 0.3 is 6.18 Å². The topological polar surface area (TPSA) is 81.1 Å². The van der Waals surface area contributed by atoms with Crippen LogP contribution in [0.1, 0.15) is 29.9 Å². The highest BCUT2D eigenvalue weighted by Gasteiger charge is 2.33. The van der Waals surface area contributed by atoms with Crippen LogP contribution in [-0.2, 0) is 6.18 Å². The van der Waals surface area contributed by atoms with E-state index in [2.05, 4.69) is 19.9 Å². The van der Waals surface area contributed by atoms with Crippen molar-refractivity contribution in [2.75, 3.05) is 13.2 Å². The zero-order valence-electron chi connectivity index (χ0n) is 16.9. The summed E-state index contributed by atoms with van der Waals surface area (Å²) >= 11 is 0. The third kappa shape index (κ3) is 5.33. The molecule has 1 aromatic carbocycles. The standard InChI is InChI=1S/C21H20F3N5O2/c1-3-29(14(2)13-31-18-12-27-17(11-28-18)21(22,23)24)20(30)16-8-5-4-7-15(16)19-25-9-6-10-26-19/h4-12,14H,3,13H2,1-2H3. The van der Waals surface area contributed by atoms with Crippen LogP contribution in [0.25, 0.3) is 11.4 Å². The predicted molar refractivity (Wildman–Crippen MR) is 106 cm³/mol. The van der Waals surface area contributed by atoms with Gasteiger partial charge in [-0.25, -0.2) is 19.9 Å². The summed E-state index contributed by atoms with van der Waals surface area (Å²) in [5.74, 6) is 0.146. The number of halogens is 3. The number of nitrogens with zero attached hydrogens (tertiary/aromatic N) is 5. The van der Waals surface area contributed by atoms with Crippen LogP contribution in [0.2, 0.25) is 0 Å². The highest BCUT2D eigenvalue weighted by molar-refractivity contribution is 6.00. The van der Waals surface area contributed by atoms with Crippen molar-refractivity contribution in [3.05, 3.63) is 66.4 Å². The summed E-state index contributed by atoms with van der Waals surface area (Å²) in [6.07, 6.45) is 0.153. The van der Waals surface area contributed by atoms with Gasteiger partial charge in [0.25, 0.3) is 5.91 Å². The molecule has 10 heteroatoms. The van der Waals surface area contributed by atoms with E-state index in [-0.39, 0.29) is 24.4 Å². The Morgan fingerprint density at radius 2 is 1.77 bits per heavy atom. The van der Waals surface area contributed by atoms with Gasteiger partial charge in [0.1, 0.15) is 6.61 Å². The molecule has 0 radical (unpaired) electrons. The molecule has 0 bridgehead atoms. The Balaban J connectivity index is 1.73. The van der Waals surface area contributed by atoms with Gasteiger partial charge < -0.3 is 9.64 Å². The number of amides is 1. The van der Waals surface area contributed by atoms with Crippen LogP contribution in [-0.4, -0.2) is 49.9 Å². The van der Waals surface area contributed by atoms with E-state index in [1.807, 2.05) is 6.92 Å². The molecular weight excluding hydrogens is 411 g/mol. The molecule has 0 saturated heterocycles. The highest BCUT2D eigenvalue weighted by atomic mass is 19.4. The molecule has 0 aliphatic rings. The maximum atomic E-state index is 13.2. The van der Waals surface area contributed by atoms with E-state index in [0.717, 1.165) is 6.20 Å². The predicted octanol–water partition coefficient (Wildman–Crippen LogP) is 3.88. The number of likely N-dealkylation sites (N-methyl/N-ethyl adjacent to an activating group) is 1. The Kier molecular flexibility index (Phi) is 6.78. The van der Waals surface area contributed by atoms with Gasteiger partial charge in [0, 0.05) is 24.5 Å². The van der Waals surface area contributed by atoms with Crippen molar-refractivity contribution >= 4 is 5.91 Å². The molecule has 162 valence electrons. The third-order valence-electron chi connectivity index (χ3n) is 4.49. The van der Waals surface area contributed by atoms with E-state index < -0.39 is 11.9 Å². The lowest BCUT2D eigenvalue weighted by Gasteiger charge is -2.28. The number of hydrogen-bond donors (Lipinski definition) is 0. The SMILES string of the molecule is CCN(C(=O)c1ccccc1-c1ncccn1)C(C)COc1cnc(C(F)(F)F)cn1. The minimum atomic E-state index is -4.57. The van der Waals surface area contributed by atoms with Crippen molar-refractivity contribution < 1.29 is 22.7 Å². The zero-order chi connectivity index (χ0) is 22.4. The number of rotatable bonds is 7. The van der Waals surface area contributed by atoms with Crippen molar-refractivity contribution in [3.8, 4) is 17.3 Å². The first kappa shape index (κ1) is 22.1. The molecule has 31 heavy (non-hydrogen) atoms. The van der Waals surface area contributed by atoms with Crippen molar-refractivity contribution in [3.63, 3.8) is 0 Å². The second-order valence-electron chi connectivity index (χ2n) is 6.61. The van der Waals surface area contributed by atoms with Crippen LogP contribution in [0.3, 0.4) is 0 Å². The number of hydrogen-bond acceptors (Lipinski definition) is 6. The Morgan fingerprint density at radius 1 is 1.06 bits per heavy atom.